The Morgan fingerprint density at radius 3 is 2.44 bits per heavy atom. The molecule has 2 heterocycles. The van der Waals surface area contributed by atoms with Crippen LogP contribution in [-0.4, -0.2) is 21.0 Å². The molecule has 25 heavy (non-hydrogen) atoms. The van der Waals surface area contributed by atoms with Gasteiger partial charge in [-0.15, -0.1) is 0 Å². The van der Waals surface area contributed by atoms with E-state index in [4.69, 9.17) is 0 Å². The summed E-state index contributed by atoms with van der Waals surface area (Å²) in [6, 6.07) is 12.2. The zero-order chi connectivity index (χ0) is 17.8. The molecule has 2 aromatic heterocycles. The fraction of sp³-hybridized carbons (Fsp3) is 0.211. The molecule has 3 rings (SSSR count). The van der Waals surface area contributed by atoms with Gasteiger partial charge in [0.05, 0.1) is 5.69 Å². The highest BCUT2D eigenvalue weighted by molar-refractivity contribution is 9.10. The largest absolute Gasteiger partial charge is 0.352 e. The minimum Gasteiger partial charge on any atom is -0.352 e. The van der Waals surface area contributed by atoms with Gasteiger partial charge in [-0.05, 0) is 56.7 Å². The monoisotopic (exact) mass is 397 g/mol. The van der Waals surface area contributed by atoms with Crippen LogP contribution in [-0.2, 0) is 0 Å². The van der Waals surface area contributed by atoms with E-state index in [0.29, 0.717) is 5.95 Å². The van der Waals surface area contributed by atoms with E-state index in [9.17, 15) is 0 Å². The average Bonchev–Trinajstić information content (AvgIpc) is 2.57. The van der Waals surface area contributed by atoms with Gasteiger partial charge in [0.1, 0.15) is 5.82 Å². The maximum absolute atomic E-state index is 4.62. The van der Waals surface area contributed by atoms with Crippen LogP contribution in [0.5, 0.6) is 0 Å². The molecule has 0 aliphatic rings. The molecule has 0 amide bonds. The highest BCUT2D eigenvalue weighted by Crippen LogP contribution is 2.26. The van der Waals surface area contributed by atoms with Crippen molar-refractivity contribution in [2.75, 3.05) is 10.6 Å². The van der Waals surface area contributed by atoms with Gasteiger partial charge in [-0.2, -0.15) is 4.98 Å². The Labute approximate surface area is 156 Å². The van der Waals surface area contributed by atoms with Crippen LogP contribution < -0.4 is 10.6 Å². The lowest BCUT2D eigenvalue weighted by Gasteiger charge is -2.14. The first-order valence-corrected chi connectivity index (χ1v) is 8.90. The van der Waals surface area contributed by atoms with E-state index in [-0.39, 0.29) is 6.04 Å². The number of nitrogens with one attached hydrogen (secondary N) is 2. The van der Waals surface area contributed by atoms with E-state index in [0.717, 1.165) is 32.8 Å². The predicted molar refractivity (Wildman–Crippen MR) is 106 cm³/mol. The molecule has 3 aromatic rings. The van der Waals surface area contributed by atoms with Crippen LogP contribution in [0.2, 0.25) is 0 Å². The normalized spacial score (nSPS) is 10.8. The second-order valence-electron chi connectivity index (χ2n) is 6.08. The summed E-state index contributed by atoms with van der Waals surface area (Å²) in [4.78, 5) is 13.3. The van der Waals surface area contributed by atoms with Crippen LogP contribution in [0.1, 0.15) is 19.4 Å². The topological polar surface area (TPSA) is 62.7 Å². The number of halogens is 1. The van der Waals surface area contributed by atoms with Gasteiger partial charge < -0.3 is 10.6 Å². The van der Waals surface area contributed by atoms with E-state index in [2.05, 4.69) is 68.4 Å². The summed E-state index contributed by atoms with van der Waals surface area (Å²) in [5.74, 6) is 1.34. The molecule has 1 aromatic carbocycles. The zero-order valence-electron chi connectivity index (χ0n) is 14.4. The predicted octanol–water partition coefficient (Wildman–Crippen LogP) is 5.17. The summed E-state index contributed by atoms with van der Waals surface area (Å²) in [6.45, 7) is 6.19. The van der Waals surface area contributed by atoms with Crippen LogP contribution in [0.25, 0.3) is 11.3 Å². The number of pyridine rings is 1. The molecule has 0 aliphatic carbocycles. The number of hydrogen-bond donors (Lipinski definition) is 2. The molecular formula is C19H20BrN5. The number of hydrogen-bond acceptors (Lipinski definition) is 5. The maximum Gasteiger partial charge on any atom is 0.225 e. The fourth-order valence-corrected chi connectivity index (χ4v) is 2.89. The lowest BCUT2D eigenvalue weighted by atomic mass is 10.2. The van der Waals surface area contributed by atoms with Gasteiger partial charge in [0.25, 0.3) is 0 Å². The molecule has 0 radical (unpaired) electrons. The van der Waals surface area contributed by atoms with Crippen molar-refractivity contribution >= 4 is 33.4 Å². The Kier molecular flexibility index (Phi) is 5.28. The third-order valence-electron chi connectivity index (χ3n) is 3.57. The second-order valence-corrected chi connectivity index (χ2v) is 7.00. The lowest BCUT2D eigenvalue weighted by Crippen LogP contribution is -2.13. The molecule has 0 saturated carbocycles. The van der Waals surface area contributed by atoms with Crippen molar-refractivity contribution in [3.05, 3.63) is 58.8 Å². The Morgan fingerprint density at radius 2 is 1.76 bits per heavy atom. The molecule has 2 N–H and O–H groups in total. The summed E-state index contributed by atoms with van der Waals surface area (Å²) in [6.07, 6.45) is 3.53. The first kappa shape index (κ1) is 17.4. The number of rotatable bonds is 5. The molecule has 0 atom stereocenters. The first-order valence-electron chi connectivity index (χ1n) is 8.10. The van der Waals surface area contributed by atoms with Gasteiger partial charge >= 0.3 is 0 Å². The Morgan fingerprint density at radius 1 is 1.00 bits per heavy atom. The Balaban J connectivity index is 2.00. The first-order chi connectivity index (χ1) is 12.0. The van der Waals surface area contributed by atoms with Gasteiger partial charge in [0, 0.05) is 40.2 Å². The Bertz CT molecular complexity index is 865. The molecule has 128 valence electrons. The number of nitrogens with zero attached hydrogens (tertiary/aromatic N) is 3. The average molecular weight is 398 g/mol. The van der Waals surface area contributed by atoms with E-state index in [1.165, 1.54) is 0 Å². The molecule has 5 nitrogen and oxygen atoms in total. The third-order valence-corrected chi connectivity index (χ3v) is 4.06. The number of anilines is 3. The molecular weight excluding hydrogens is 378 g/mol. The SMILES string of the molecule is Cc1cc(Br)ccc1Nc1cc(-c2ccncc2)nc(NC(C)C)n1. The zero-order valence-corrected chi connectivity index (χ0v) is 16.0. The van der Waals surface area contributed by atoms with Crippen LogP contribution in [0.3, 0.4) is 0 Å². The van der Waals surface area contributed by atoms with Crippen molar-refractivity contribution in [2.45, 2.75) is 26.8 Å². The molecule has 0 aliphatic heterocycles. The quantitative estimate of drug-likeness (QED) is 0.621. The van der Waals surface area contributed by atoms with Crippen molar-refractivity contribution in [3.63, 3.8) is 0 Å². The van der Waals surface area contributed by atoms with Crippen molar-refractivity contribution in [1.82, 2.24) is 15.0 Å². The van der Waals surface area contributed by atoms with Crippen molar-refractivity contribution < 1.29 is 0 Å². The van der Waals surface area contributed by atoms with Gasteiger partial charge in [-0.1, -0.05) is 15.9 Å². The van der Waals surface area contributed by atoms with Gasteiger partial charge in [-0.3, -0.25) is 4.98 Å². The number of aryl methyl sites for hydroxylation is 1. The molecule has 0 unspecified atom stereocenters. The van der Waals surface area contributed by atoms with Gasteiger partial charge in [0.15, 0.2) is 0 Å². The molecule has 6 heteroatoms. The van der Waals surface area contributed by atoms with Crippen molar-refractivity contribution in [2.24, 2.45) is 0 Å². The molecule has 0 spiro atoms. The highest BCUT2D eigenvalue weighted by Gasteiger charge is 2.09. The Hall–Kier alpha value is -2.47. The minimum atomic E-state index is 0.245. The van der Waals surface area contributed by atoms with Crippen molar-refractivity contribution in [3.8, 4) is 11.3 Å². The summed E-state index contributed by atoms with van der Waals surface area (Å²) >= 11 is 3.49. The third kappa shape index (κ3) is 4.54. The van der Waals surface area contributed by atoms with Crippen molar-refractivity contribution in [1.29, 1.82) is 0 Å². The van der Waals surface area contributed by atoms with Gasteiger partial charge in [-0.25, -0.2) is 4.98 Å². The summed E-state index contributed by atoms with van der Waals surface area (Å²) in [7, 11) is 0. The summed E-state index contributed by atoms with van der Waals surface area (Å²) < 4.78 is 1.05. The van der Waals surface area contributed by atoms with Crippen LogP contribution in [0.4, 0.5) is 17.5 Å². The maximum atomic E-state index is 4.62. The number of aromatic nitrogens is 3. The van der Waals surface area contributed by atoms with E-state index in [1.807, 2.05) is 30.3 Å². The van der Waals surface area contributed by atoms with Crippen LogP contribution >= 0.6 is 15.9 Å². The second kappa shape index (κ2) is 7.61. The summed E-state index contributed by atoms with van der Waals surface area (Å²) in [5, 5.41) is 6.68. The molecule has 0 saturated heterocycles. The van der Waals surface area contributed by atoms with E-state index < -0.39 is 0 Å². The molecule has 0 fully saturated rings. The fourth-order valence-electron chi connectivity index (χ4n) is 2.41. The van der Waals surface area contributed by atoms with Gasteiger partial charge in [0.2, 0.25) is 5.95 Å². The molecule has 0 bridgehead atoms. The van der Waals surface area contributed by atoms with Crippen LogP contribution in [0.15, 0.2) is 53.3 Å². The number of benzene rings is 1. The van der Waals surface area contributed by atoms with E-state index >= 15 is 0 Å². The standard InChI is InChI=1S/C19H20BrN5/c1-12(2)22-19-24-17(14-6-8-21-9-7-14)11-18(25-19)23-16-5-4-15(20)10-13(16)3/h4-12H,1-3H3,(H2,22,23,24,25). The highest BCUT2D eigenvalue weighted by atomic mass is 79.9. The van der Waals surface area contributed by atoms with Crippen LogP contribution in [0, 0.1) is 6.92 Å². The minimum absolute atomic E-state index is 0.245. The van der Waals surface area contributed by atoms with E-state index in [1.54, 1.807) is 12.4 Å². The lowest BCUT2D eigenvalue weighted by molar-refractivity contribution is 0.876. The summed E-state index contributed by atoms with van der Waals surface area (Å²) in [5.41, 5.74) is 3.99. The smallest absolute Gasteiger partial charge is 0.225 e.